The van der Waals surface area contributed by atoms with E-state index in [0.717, 1.165) is 16.7 Å². The van der Waals surface area contributed by atoms with Crippen LogP contribution in [0.1, 0.15) is 18.2 Å². The third-order valence-corrected chi connectivity index (χ3v) is 11.7. The van der Waals surface area contributed by atoms with Crippen LogP contribution in [0.2, 0.25) is 0 Å². The molecule has 2 amide bonds. The minimum Gasteiger partial charge on any atom is -0.493 e. The Morgan fingerprint density at radius 1 is 0.745 bits per heavy atom. The molecule has 1 N–H and O–H groups in total. The van der Waals surface area contributed by atoms with Crippen molar-refractivity contribution in [3.8, 4) is 11.5 Å². The van der Waals surface area contributed by atoms with Gasteiger partial charge in [-0.05, 0) is 42.9 Å². The van der Waals surface area contributed by atoms with E-state index in [4.69, 9.17) is 9.47 Å². The number of aromatic amines is 1. The molecule has 4 aromatic carbocycles. The first-order valence-electron chi connectivity index (χ1n) is 17.6. The molecule has 0 bridgehead atoms. The van der Waals surface area contributed by atoms with E-state index in [1.54, 1.807) is 36.0 Å². The van der Waals surface area contributed by atoms with Crippen molar-refractivity contribution in [2.24, 2.45) is 0 Å². The Hall–Kier alpha value is -6.32. The van der Waals surface area contributed by atoms with Gasteiger partial charge in [0, 0.05) is 47.7 Å². The van der Waals surface area contributed by atoms with Crippen LogP contribution in [0.15, 0.2) is 139 Å². The first-order chi connectivity index (χ1) is 26.8. The van der Waals surface area contributed by atoms with Gasteiger partial charge in [-0.2, -0.15) is 0 Å². The smallest absolute Gasteiger partial charge is 0.329 e. The molecular weight excluding hydrogens is 719 g/mol. The molecule has 1 aliphatic heterocycles. The van der Waals surface area contributed by atoms with Crippen molar-refractivity contribution in [3.63, 3.8) is 0 Å². The molecule has 8 rings (SSSR count). The number of halogens is 2. The van der Waals surface area contributed by atoms with Crippen molar-refractivity contribution >= 4 is 52.3 Å². The molecule has 0 aliphatic carbocycles. The predicted octanol–water partition coefficient (Wildman–Crippen LogP) is 7.48. The Morgan fingerprint density at radius 3 is 1.80 bits per heavy atom. The summed E-state index contributed by atoms with van der Waals surface area (Å²) in [6.45, 7) is 2.19. The van der Waals surface area contributed by atoms with E-state index in [1.807, 2.05) is 6.07 Å². The summed E-state index contributed by atoms with van der Waals surface area (Å²) in [6, 6.07) is 39.6. The van der Waals surface area contributed by atoms with E-state index in [9.17, 15) is 9.59 Å². The predicted molar refractivity (Wildman–Crippen MR) is 215 cm³/mol. The maximum atomic E-state index is 15.2. The summed E-state index contributed by atoms with van der Waals surface area (Å²) >= 11 is 0. The number of carbonyl (C=O) groups is 1. The van der Waals surface area contributed by atoms with Crippen molar-refractivity contribution in [2.75, 3.05) is 30.6 Å². The summed E-state index contributed by atoms with van der Waals surface area (Å²) in [5, 5.41) is 4.87. The molecule has 12 heteroatoms. The molecule has 0 saturated heterocycles. The number of amides is 2. The van der Waals surface area contributed by atoms with E-state index in [-0.39, 0.29) is 36.7 Å². The molecule has 0 unspecified atom stereocenters. The lowest BCUT2D eigenvalue weighted by Crippen LogP contribution is -2.48. The lowest BCUT2D eigenvalue weighted by molar-refractivity contribution is 0.249. The molecule has 3 aromatic heterocycles. The van der Waals surface area contributed by atoms with Crippen LogP contribution >= 0.6 is 7.92 Å². The molecule has 7 aromatic rings. The number of benzene rings is 4. The number of ether oxygens (including phenoxy) is 2. The summed E-state index contributed by atoms with van der Waals surface area (Å²) in [4.78, 5) is 35.8. The summed E-state index contributed by atoms with van der Waals surface area (Å²) in [5.74, 6) is -2.50. The SMILES string of the molecule is CCN1C(=O)N(c2c(F)c(OC)cc(OC)c2F)Cc2cnc3[nH]c(Cn4ccccc4=O)cc3c21.c1ccc(P(c2ccccc2)c2ccccc2)cc1. The van der Waals surface area contributed by atoms with Gasteiger partial charge in [0.1, 0.15) is 11.3 Å². The van der Waals surface area contributed by atoms with E-state index in [0.29, 0.717) is 22.3 Å². The molecule has 0 atom stereocenters. The van der Waals surface area contributed by atoms with Gasteiger partial charge in [0.15, 0.2) is 23.1 Å². The Labute approximate surface area is 318 Å². The van der Waals surface area contributed by atoms with Crippen LogP contribution in [0.5, 0.6) is 11.5 Å². The highest BCUT2D eigenvalue weighted by atomic mass is 31.1. The second-order valence-electron chi connectivity index (χ2n) is 12.6. The topological polar surface area (TPSA) is 92.7 Å². The minimum atomic E-state index is -1.00. The Kier molecular flexibility index (Phi) is 11.0. The lowest BCUT2D eigenvalue weighted by atomic mass is 10.1. The summed E-state index contributed by atoms with van der Waals surface area (Å²) in [5.41, 5.74) is 1.76. The average molecular weight is 758 g/mol. The standard InChI is InChI=1S/C25H23F2N5O4.C18H15P/c1-4-31-22-14(11-28-24-16(22)9-15(29-24)13-30-8-6-5-7-19(30)33)12-32(25(31)34)23-20(26)17(35-2)10-18(36-3)21(23)27;1-4-10-16(11-5-1)19(17-12-6-2-7-13-17)18-14-8-3-9-15-18/h5-11H,4,12-13H2,1-3H3,(H,28,29);1-15H. The fourth-order valence-electron chi connectivity index (χ4n) is 6.69. The molecular formula is C43H38F2N5O4P. The normalized spacial score (nSPS) is 12.4. The van der Waals surface area contributed by atoms with Crippen molar-refractivity contribution in [1.29, 1.82) is 0 Å². The number of rotatable bonds is 9. The molecule has 4 heterocycles. The second kappa shape index (κ2) is 16.4. The number of urea groups is 1. The molecule has 9 nitrogen and oxygen atoms in total. The fraction of sp³-hybridized carbons (Fsp3) is 0.140. The van der Waals surface area contributed by atoms with Gasteiger partial charge in [-0.1, -0.05) is 97.1 Å². The summed E-state index contributed by atoms with van der Waals surface area (Å²) < 4.78 is 42.1. The average Bonchev–Trinajstić information content (AvgIpc) is 3.64. The highest BCUT2D eigenvalue weighted by molar-refractivity contribution is 7.79. The van der Waals surface area contributed by atoms with Crippen LogP contribution in [0.4, 0.5) is 25.0 Å². The zero-order chi connectivity index (χ0) is 38.5. The number of carbonyl (C=O) groups excluding carboxylic acids is 1. The van der Waals surface area contributed by atoms with E-state index in [2.05, 4.69) is 101 Å². The number of H-pyrrole nitrogens is 1. The fourth-order valence-corrected chi connectivity index (χ4v) is 8.99. The lowest BCUT2D eigenvalue weighted by Gasteiger charge is -2.37. The van der Waals surface area contributed by atoms with Gasteiger partial charge in [-0.25, -0.2) is 18.6 Å². The molecule has 0 radical (unpaired) electrons. The van der Waals surface area contributed by atoms with Gasteiger partial charge in [0.25, 0.3) is 5.56 Å². The molecule has 278 valence electrons. The van der Waals surface area contributed by atoms with E-state index in [1.165, 1.54) is 41.1 Å². The Balaban J connectivity index is 0.000000205. The number of hydrogen-bond donors (Lipinski definition) is 1. The maximum absolute atomic E-state index is 15.2. The number of hydrogen-bond acceptors (Lipinski definition) is 5. The molecule has 0 saturated carbocycles. The third-order valence-electron chi connectivity index (χ3n) is 9.24. The second-order valence-corrected chi connectivity index (χ2v) is 14.8. The maximum Gasteiger partial charge on any atom is 0.329 e. The van der Waals surface area contributed by atoms with Crippen LogP contribution in [0.3, 0.4) is 0 Å². The number of nitrogens with zero attached hydrogens (tertiary/aromatic N) is 4. The number of methoxy groups -OCH3 is 2. The van der Waals surface area contributed by atoms with Crippen molar-refractivity contribution in [2.45, 2.75) is 20.0 Å². The summed E-state index contributed by atoms with van der Waals surface area (Å²) in [6.07, 6.45) is 3.25. The van der Waals surface area contributed by atoms with Gasteiger partial charge in [0.2, 0.25) is 0 Å². The van der Waals surface area contributed by atoms with Gasteiger partial charge < -0.3 is 19.0 Å². The third kappa shape index (κ3) is 7.43. The number of aromatic nitrogens is 3. The van der Waals surface area contributed by atoms with Gasteiger partial charge in [-0.15, -0.1) is 0 Å². The first kappa shape index (κ1) is 37.0. The Bertz CT molecular complexity index is 2380. The number of fused-ring (bicyclic) bond motifs is 3. The van der Waals surface area contributed by atoms with Crippen molar-refractivity contribution in [1.82, 2.24) is 14.5 Å². The molecule has 55 heavy (non-hydrogen) atoms. The largest absolute Gasteiger partial charge is 0.493 e. The highest BCUT2D eigenvalue weighted by Crippen LogP contribution is 2.42. The first-order valence-corrected chi connectivity index (χ1v) is 19.0. The molecule has 0 spiro atoms. The van der Waals surface area contributed by atoms with Crippen molar-refractivity contribution in [3.05, 3.63) is 167 Å². The van der Waals surface area contributed by atoms with Crippen LogP contribution in [-0.4, -0.2) is 41.3 Å². The quantitative estimate of drug-likeness (QED) is 0.154. The van der Waals surface area contributed by atoms with Crippen LogP contribution < -0.4 is 40.7 Å². The zero-order valence-electron chi connectivity index (χ0n) is 30.4. The number of pyridine rings is 2. The van der Waals surface area contributed by atoms with Crippen LogP contribution in [0, 0.1) is 11.6 Å². The number of anilines is 2. The monoisotopic (exact) mass is 757 g/mol. The summed E-state index contributed by atoms with van der Waals surface area (Å²) in [7, 11) is 2.05. The van der Waals surface area contributed by atoms with Gasteiger partial charge >= 0.3 is 6.03 Å². The molecule has 1 aliphatic rings. The zero-order valence-corrected chi connectivity index (χ0v) is 31.3. The Morgan fingerprint density at radius 2 is 1.29 bits per heavy atom. The van der Waals surface area contributed by atoms with Crippen molar-refractivity contribution < 1.29 is 23.0 Å². The number of nitrogens with one attached hydrogen (secondary N) is 1. The van der Waals surface area contributed by atoms with Crippen LogP contribution in [0.25, 0.3) is 11.0 Å². The van der Waals surface area contributed by atoms with Crippen LogP contribution in [-0.2, 0) is 13.1 Å². The highest BCUT2D eigenvalue weighted by Gasteiger charge is 2.37. The van der Waals surface area contributed by atoms with Gasteiger partial charge in [-0.3, -0.25) is 14.6 Å². The molecule has 0 fully saturated rings. The minimum absolute atomic E-state index is 0.115. The van der Waals surface area contributed by atoms with E-state index < -0.39 is 31.3 Å². The van der Waals surface area contributed by atoms with E-state index >= 15 is 8.78 Å². The van der Waals surface area contributed by atoms with Gasteiger partial charge in [0.05, 0.1) is 33.0 Å².